The minimum atomic E-state index is -0.321. The van der Waals surface area contributed by atoms with Crippen molar-refractivity contribution in [3.05, 3.63) is 52.4 Å². The maximum atomic E-state index is 11.6. The highest BCUT2D eigenvalue weighted by Crippen LogP contribution is 2.27. The van der Waals surface area contributed by atoms with Crippen LogP contribution in [-0.4, -0.2) is 24.7 Å². The van der Waals surface area contributed by atoms with E-state index < -0.39 is 0 Å². The molecule has 0 saturated heterocycles. The minimum absolute atomic E-state index is 0.321. The highest BCUT2D eigenvalue weighted by Gasteiger charge is 2.14. The molecule has 0 fully saturated rings. The lowest BCUT2D eigenvalue weighted by Crippen LogP contribution is -2.29. The lowest BCUT2D eigenvalue weighted by molar-refractivity contribution is 0.0605. The molecule has 0 radical (unpaired) electrons. The molecule has 2 aromatic rings. The molecule has 2 rings (SSSR count). The van der Waals surface area contributed by atoms with Gasteiger partial charge in [0.05, 0.1) is 12.1 Å². The Kier molecular flexibility index (Phi) is 5.91. The standard InChI is InChI=1S/C16H18N2O2S2/c1-11-10-13(22-14(11)15(19)20-2)18-16(21)17-9-8-12-6-4-3-5-7-12/h3-7,10H,8-9H2,1-2H3,(H2,17,18,21). The van der Waals surface area contributed by atoms with Gasteiger partial charge in [-0.3, -0.25) is 0 Å². The molecule has 0 unspecified atom stereocenters. The molecule has 1 aromatic carbocycles. The summed E-state index contributed by atoms with van der Waals surface area (Å²) in [5, 5.41) is 7.64. The van der Waals surface area contributed by atoms with Crippen molar-refractivity contribution in [3.63, 3.8) is 0 Å². The Hall–Kier alpha value is -1.92. The molecule has 4 nitrogen and oxygen atoms in total. The van der Waals surface area contributed by atoms with E-state index in [1.54, 1.807) is 0 Å². The zero-order chi connectivity index (χ0) is 15.9. The van der Waals surface area contributed by atoms with Crippen molar-refractivity contribution < 1.29 is 9.53 Å². The molecule has 6 heteroatoms. The molecule has 22 heavy (non-hydrogen) atoms. The summed E-state index contributed by atoms with van der Waals surface area (Å²) in [5.41, 5.74) is 2.14. The Morgan fingerprint density at radius 1 is 1.32 bits per heavy atom. The third-order valence-corrected chi connectivity index (χ3v) is 4.45. The van der Waals surface area contributed by atoms with Crippen LogP contribution in [0.1, 0.15) is 20.8 Å². The Balaban J connectivity index is 1.83. The molecule has 0 aliphatic heterocycles. The molecule has 116 valence electrons. The first-order valence-corrected chi connectivity index (χ1v) is 8.10. The summed E-state index contributed by atoms with van der Waals surface area (Å²) in [6.07, 6.45) is 0.902. The second kappa shape index (κ2) is 7.91. The summed E-state index contributed by atoms with van der Waals surface area (Å²) in [6.45, 7) is 2.63. The van der Waals surface area contributed by atoms with Crippen molar-refractivity contribution in [3.8, 4) is 0 Å². The number of hydrogen-bond acceptors (Lipinski definition) is 4. The number of esters is 1. The monoisotopic (exact) mass is 334 g/mol. The number of methoxy groups -OCH3 is 1. The first kappa shape index (κ1) is 16.5. The van der Waals surface area contributed by atoms with Gasteiger partial charge < -0.3 is 15.4 Å². The summed E-state index contributed by atoms with van der Waals surface area (Å²) in [5.74, 6) is -0.321. The van der Waals surface area contributed by atoms with Crippen LogP contribution >= 0.6 is 23.6 Å². The van der Waals surface area contributed by atoms with Crippen molar-refractivity contribution in [2.24, 2.45) is 0 Å². The van der Waals surface area contributed by atoms with E-state index in [1.807, 2.05) is 31.2 Å². The fraction of sp³-hybridized carbons (Fsp3) is 0.250. The highest BCUT2D eigenvalue weighted by molar-refractivity contribution is 7.80. The normalized spacial score (nSPS) is 10.1. The van der Waals surface area contributed by atoms with Crippen LogP contribution in [0.2, 0.25) is 0 Å². The Labute approximate surface area is 139 Å². The van der Waals surface area contributed by atoms with Gasteiger partial charge >= 0.3 is 5.97 Å². The largest absolute Gasteiger partial charge is 0.465 e. The number of benzene rings is 1. The zero-order valence-corrected chi connectivity index (χ0v) is 14.1. The van der Waals surface area contributed by atoms with E-state index in [9.17, 15) is 4.79 Å². The van der Waals surface area contributed by atoms with Crippen LogP contribution < -0.4 is 10.6 Å². The number of ether oxygens (including phenoxy) is 1. The number of carbonyl (C=O) groups is 1. The maximum absolute atomic E-state index is 11.6. The predicted molar refractivity (Wildman–Crippen MR) is 94.8 cm³/mol. The van der Waals surface area contributed by atoms with Gasteiger partial charge in [0.25, 0.3) is 0 Å². The number of nitrogens with one attached hydrogen (secondary N) is 2. The summed E-state index contributed by atoms with van der Waals surface area (Å²) in [4.78, 5) is 12.2. The van der Waals surface area contributed by atoms with E-state index in [2.05, 4.69) is 22.8 Å². The fourth-order valence-corrected chi connectivity index (χ4v) is 3.23. The van der Waals surface area contributed by atoms with E-state index in [-0.39, 0.29) is 5.97 Å². The number of aryl methyl sites for hydroxylation is 1. The third kappa shape index (κ3) is 4.54. The molecule has 0 aliphatic carbocycles. The third-order valence-electron chi connectivity index (χ3n) is 3.07. The van der Waals surface area contributed by atoms with Gasteiger partial charge in [-0.1, -0.05) is 30.3 Å². The van der Waals surface area contributed by atoms with Gasteiger partial charge in [0.2, 0.25) is 0 Å². The van der Waals surface area contributed by atoms with Crippen LogP contribution in [-0.2, 0) is 11.2 Å². The van der Waals surface area contributed by atoms with Gasteiger partial charge in [-0.25, -0.2) is 4.79 Å². The molecule has 0 amide bonds. The topological polar surface area (TPSA) is 50.4 Å². The van der Waals surface area contributed by atoms with Crippen LogP contribution in [0.5, 0.6) is 0 Å². The fourth-order valence-electron chi connectivity index (χ4n) is 1.96. The van der Waals surface area contributed by atoms with Gasteiger partial charge in [-0.15, -0.1) is 11.3 Å². The molecule has 0 aliphatic rings. The van der Waals surface area contributed by atoms with Gasteiger partial charge in [-0.05, 0) is 42.8 Å². The van der Waals surface area contributed by atoms with E-state index in [0.717, 1.165) is 23.5 Å². The van der Waals surface area contributed by atoms with Crippen LogP contribution in [0.15, 0.2) is 36.4 Å². The number of rotatable bonds is 5. The summed E-state index contributed by atoms with van der Waals surface area (Å²) in [7, 11) is 1.38. The van der Waals surface area contributed by atoms with Crippen LogP contribution in [0.3, 0.4) is 0 Å². The van der Waals surface area contributed by atoms with Crippen molar-refractivity contribution in [2.75, 3.05) is 19.0 Å². The van der Waals surface area contributed by atoms with E-state index in [1.165, 1.54) is 24.0 Å². The lowest BCUT2D eigenvalue weighted by atomic mass is 10.1. The molecule has 2 N–H and O–H groups in total. The predicted octanol–water partition coefficient (Wildman–Crippen LogP) is 3.37. The molecule has 0 spiro atoms. The van der Waals surface area contributed by atoms with Crippen molar-refractivity contribution in [1.82, 2.24) is 5.32 Å². The first-order valence-electron chi connectivity index (χ1n) is 6.87. The van der Waals surface area contributed by atoms with Crippen molar-refractivity contribution >= 4 is 39.6 Å². The molecule has 0 atom stereocenters. The van der Waals surface area contributed by atoms with Gasteiger partial charge in [0.15, 0.2) is 5.11 Å². The Morgan fingerprint density at radius 3 is 2.73 bits per heavy atom. The SMILES string of the molecule is COC(=O)c1sc(NC(=S)NCCc2ccccc2)cc1C. The first-order chi connectivity index (χ1) is 10.6. The summed E-state index contributed by atoms with van der Waals surface area (Å²) < 4.78 is 4.74. The number of carbonyl (C=O) groups excluding carboxylic acids is 1. The highest BCUT2D eigenvalue weighted by atomic mass is 32.1. The number of hydrogen-bond donors (Lipinski definition) is 2. The Bertz CT molecular complexity index is 653. The number of thiocarbonyl (C=S) groups is 1. The quantitative estimate of drug-likeness (QED) is 0.648. The maximum Gasteiger partial charge on any atom is 0.348 e. The van der Waals surface area contributed by atoms with Gasteiger partial charge in [0, 0.05) is 6.54 Å². The zero-order valence-electron chi connectivity index (χ0n) is 12.5. The molecule has 0 bridgehead atoms. The molecule has 0 saturated carbocycles. The van der Waals surface area contributed by atoms with E-state index >= 15 is 0 Å². The minimum Gasteiger partial charge on any atom is -0.465 e. The van der Waals surface area contributed by atoms with Crippen LogP contribution in [0.4, 0.5) is 5.00 Å². The summed E-state index contributed by atoms with van der Waals surface area (Å²) in [6, 6.07) is 12.1. The van der Waals surface area contributed by atoms with E-state index in [0.29, 0.717) is 9.99 Å². The second-order valence-corrected chi connectivity index (χ2v) is 6.19. The second-order valence-electron chi connectivity index (χ2n) is 4.73. The summed E-state index contributed by atoms with van der Waals surface area (Å²) >= 11 is 6.60. The average molecular weight is 334 g/mol. The van der Waals surface area contributed by atoms with Gasteiger partial charge in [0.1, 0.15) is 4.88 Å². The van der Waals surface area contributed by atoms with Crippen molar-refractivity contribution in [1.29, 1.82) is 0 Å². The molecular formula is C16H18N2O2S2. The molecular weight excluding hydrogens is 316 g/mol. The van der Waals surface area contributed by atoms with Crippen LogP contribution in [0.25, 0.3) is 0 Å². The molecule has 1 heterocycles. The number of anilines is 1. The van der Waals surface area contributed by atoms with Crippen molar-refractivity contribution in [2.45, 2.75) is 13.3 Å². The Morgan fingerprint density at radius 2 is 2.05 bits per heavy atom. The van der Waals surface area contributed by atoms with Gasteiger partial charge in [-0.2, -0.15) is 0 Å². The number of thiophene rings is 1. The smallest absolute Gasteiger partial charge is 0.348 e. The van der Waals surface area contributed by atoms with Crippen LogP contribution in [0, 0.1) is 6.92 Å². The average Bonchev–Trinajstić information content (AvgIpc) is 2.88. The van der Waals surface area contributed by atoms with E-state index in [4.69, 9.17) is 17.0 Å². The molecule has 1 aromatic heterocycles. The lowest BCUT2D eigenvalue weighted by Gasteiger charge is -2.08.